The molecule has 2 unspecified atom stereocenters. The number of rotatable bonds is 6. The van der Waals surface area contributed by atoms with Crippen LogP contribution in [-0.2, 0) is 19.5 Å². The van der Waals surface area contributed by atoms with Crippen LogP contribution in [0.2, 0.25) is 0 Å². The van der Waals surface area contributed by atoms with Gasteiger partial charge in [0, 0.05) is 43.3 Å². The molecule has 1 aliphatic heterocycles. The average molecular weight is 513 g/mol. The molecule has 1 fully saturated rings. The molecule has 3 rings (SSSR count). The number of aliphatic imine (C=N–C) groups is 1. The van der Waals surface area contributed by atoms with E-state index in [1.165, 1.54) is 10.4 Å². The standard InChI is InChI=1S/C21H31N5S.HI/c1-4-19-13-23-20(27-19)14-24-21(22-3)25-18-10-11-26(16(2)12-18)15-17-8-6-5-7-9-17;/h5-9,13,16,18H,4,10-12,14-15H2,1-3H3,(H2,22,24,25);1H. The molecule has 0 amide bonds. The molecule has 5 nitrogen and oxygen atoms in total. The van der Waals surface area contributed by atoms with Gasteiger partial charge in [-0.05, 0) is 31.7 Å². The van der Waals surface area contributed by atoms with Gasteiger partial charge in [-0.1, -0.05) is 37.3 Å². The summed E-state index contributed by atoms with van der Waals surface area (Å²) in [5, 5.41) is 8.12. The predicted octanol–water partition coefficient (Wildman–Crippen LogP) is 4.04. The molecule has 0 spiro atoms. The largest absolute Gasteiger partial charge is 0.354 e. The highest BCUT2D eigenvalue weighted by Gasteiger charge is 2.25. The van der Waals surface area contributed by atoms with Gasteiger partial charge in [0.2, 0.25) is 0 Å². The Morgan fingerprint density at radius 1 is 1.32 bits per heavy atom. The molecule has 2 heterocycles. The summed E-state index contributed by atoms with van der Waals surface area (Å²) >= 11 is 1.77. The zero-order chi connectivity index (χ0) is 19.1. The third-order valence-electron chi connectivity index (χ3n) is 5.16. The first-order valence-electron chi connectivity index (χ1n) is 9.86. The molecule has 0 radical (unpaired) electrons. The van der Waals surface area contributed by atoms with Crippen molar-refractivity contribution in [1.82, 2.24) is 20.5 Å². The van der Waals surface area contributed by atoms with Gasteiger partial charge in [0.25, 0.3) is 0 Å². The van der Waals surface area contributed by atoms with Crippen LogP contribution < -0.4 is 10.6 Å². The van der Waals surface area contributed by atoms with Crippen LogP contribution >= 0.6 is 35.3 Å². The van der Waals surface area contributed by atoms with E-state index in [4.69, 9.17) is 0 Å². The van der Waals surface area contributed by atoms with Gasteiger partial charge in [-0.15, -0.1) is 35.3 Å². The highest BCUT2D eigenvalue weighted by molar-refractivity contribution is 14.0. The van der Waals surface area contributed by atoms with Crippen LogP contribution in [0.15, 0.2) is 41.5 Å². The number of thiazole rings is 1. The van der Waals surface area contributed by atoms with Gasteiger partial charge in [0.1, 0.15) is 5.01 Å². The normalized spacial score (nSPS) is 20.5. The van der Waals surface area contributed by atoms with Crippen molar-refractivity contribution in [2.24, 2.45) is 4.99 Å². The summed E-state index contributed by atoms with van der Waals surface area (Å²) in [6.07, 6.45) is 5.28. The van der Waals surface area contributed by atoms with Gasteiger partial charge in [-0.3, -0.25) is 9.89 Å². The first-order valence-corrected chi connectivity index (χ1v) is 10.7. The molecule has 1 aliphatic rings. The lowest BCUT2D eigenvalue weighted by Gasteiger charge is -2.38. The van der Waals surface area contributed by atoms with Crippen molar-refractivity contribution in [3.8, 4) is 0 Å². The van der Waals surface area contributed by atoms with Crippen molar-refractivity contribution in [2.75, 3.05) is 13.6 Å². The molecule has 1 saturated heterocycles. The minimum atomic E-state index is 0. The average Bonchev–Trinajstić information content (AvgIpc) is 3.16. The van der Waals surface area contributed by atoms with Crippen molar-refractivity contribution in [1.29, 1.82) is 0 Å². The van der Waals surface area contributed by atoms with E-state index in [1.807, 2.05) is 13.2 Å². The Hall–Kier alpha value is -1.19. The maximum Gasteiger partial charge on any atom is 0.191 e. The number of aromatic nitrogens is 1. The van der Waals surface area contributed by atoms with Crippen LogP contribution in [0, 0.1) is 0 Å². The number of aryl methyl sites for hydroxylation is 1. The number of likely N-dealkylation sites (tertiary alicyclic amines) is 1. The minimum Gasteiger partial charge on any atom is -0.354 e. The molecule has 0 bridgehead atoms. The first-order chi connectivity index (χ1) is 13.2. The van der Waals surface area contributed by atoms with E-state index < -0.39 is 0 Å². The maximum absolute atomic E-state index is 4.47. The number of nitrogens with one attached hydrogen (secondary N) is 2. The van der Waals surface area contributed by atoms with Crippen LogP contribution in [-0.4, -0.2) is 41.5 Å². The topological polar surface area (TPSA) is 52.6 Å². The van der Waals surface area contributed by atoms with E-state index >= 15 is 0 Å². The number of guanidine groups is 1. The van der Waals surface area contributed by atoms with Gasteiger partial charge < -0.3 is 10.6 Å². The fourth-order valence-corrected chi connectivity index (χ4v) is 4.35. The molecule has 2 atom stereocenters. The lowest BCUT2D eigenvalue weighted by Crippen LogP contribution is -2.51. The number of benzene rings is 1. The van der Waals surface area contributed by atoms with Crippen molar-refractivity contribution < 1.29 is 0 Å². The van der Waals surface area contributed by atoms with Gasteiger partial charge in [0.15, 0.2) is 5.96 Å². The number of piperidine rings is 1. The second-order valence-corrected chi connectivity index (χ2v) is 8.37. The number of nitrogens with zero attached hydrogens (tertiary/aromatic N) is 3. The molecule has 0 aliphatic carbocycles. The SMILES string of the molecule is CCc1cnc(CNC(=NC)NC2CCN(Cc3ccccc3)C(C)C2)s1.I. The van der Waals surface area contributed by atoms with E-state index in [0.717, 1.165) is 49.9 Å². The van der Waals surface area contributed by atoms with Crippen molar-refractivity contribution in [3.05, 3.63) is 52.0 Å². The third kappa shape index (κ3) is 6.70. The Morgan fingerprint density at radius 2 is 2.11 bits per heavy atom. The van der Waals surface area contributed by atoms with E-state index in [0.29, 0.717) is 12.1 Å². The van der Waals surface area contributed by atoms with E-state index in [1.54, 1.807) is 11.3 Å². The molecule has 2 aromatic rings. The lowest BCUT2D eigenvalue weighted by molar-refractivity contribution is 0.134. The number of halogens is 1. The van der Waals surface area contributed by atoms with Crippen LogP contribution in [0.25, 0.3) is 0 Å². The predicted molar refractivity (Wildman–Crippen MR) is 130 cm³/mol. The smallest absolute Gasteiger partial charge is 0.191 e. The van der Waals surface area contributed by atoms with Gasteiger partial charge in [-0.25, -0.2) is 4.98 Å². The Labute approximate surface area is 190 Å². The highest BCUT2D eigenvalue weighted by Crippen LogP contribution is 2.20. The summed E-state index contributed by atoms with van der Waals surface area (Å²) in [7, 11) is 1.84. The van der Waals surface area contributed by atoms with Gasteiger partial charge in [0.05, 0.1) is 6.54 Å². The van der Waals surface area contributed by atoms with Crippen molar-refractivity contribution >= 4 is 41.3 Å². The molecular formula is C21H32IN5S. The third-order valence-corrected chi connectivity index (χ3v) is 6.31. The Kier molecular flexibility index (Phi) is 9.67. The molecule has 2 N–H and O–H groups in total. The monoisotopic (exact) mass is 513 g/mol. The number of hydrogen-bond donors (Lipinski definition) is 2. The maximum atomic E-state index is 4.47. The summed E-state index contributed by atoms with van der Waals surface area (Å²) in [6, 6.07) is 11.8. The lowest BCUT2D eigenvalue weighted by atomic mass is 9.97. The molecule has 1 aromatic heterocycles. The summed E-state index contributed by atoms with van der Waals surface area (Å²) in [5.74, 6) is 0.872. The number of hydrogen-bond acceptors (Lipinski definition) is 4. The van der Waals surface area contributed by atoms with Crippen molar-refractivity contribution in [2.45, 2.75) is 58.3 Å². The zero-order valence-electron chi connectivity index (χ0n) is 17.0. The van der Waals surface area contributed by atoms with E-state index in [-0.39, 0.29) is 24.0 Å². The molecule has 0 saturated carbocycles. The highest BCUT2D eigenvalue weighted by atomic mass is 127. The van der Waals surface area contributed by atoms with Gasteiger partial charge in [-0.2, -0.15) is 0 Å². The minimum absolute atomic E-state index is 0. The quantitative estimate of drug-likeness (QED) is 0.348. The van der Waals surface area contributed by atoms with E-state index in [2.05, 4.69) is 69.7 Å². The fourth-order valence-electron chi connectivity index (χ4n) is 3.55. The van der Waals surface area contributed by atoms with Crippen LogP contribution in [0.3, 0.4) is 0 Å². The molecule has 7 heteroatoms. The summed E-state index contributed by atoms with van der Waals surface area (Å²) < 4.78 is 0. The second-order valence-electron chi connectivity index (χ2n) is 7.17. The molecule has 154 valence electrons. The van der Waals surface area contributed by atoms with Crippen molar-refractivity contribution in [3.63, 3.8) is 0 Å². The Bertz CT molecular complexity index is 733. The van der Waals surface area contributed by atoms with E-state index in [9.17, 15) is 0 Å². The van der Waals surface area contributed by atoms with Gasteiger partial charge >= 0.3 is 0 Å². The van der Waals surface area contributed by atoms with Crippen LogP contribution in [0.5, 0.6) is 0 Å². The van der Waals surface area contributed by atoms with Crippen LogP contribution in [0.4, 0.5) is 0 Å². The Balaban J connectivity index is 0.00000280. The first kappa shape index (κ1) is 23.1. The summed E-state index contributed by atoms with van der Waals surface area (Å²) in [5.41, 5.74) is 1.39. The fraction of sp³-hybridized carbons (Fsp3) is 0.524. The second kappa shape index (κ2) is 11.7. The molecular weight excluding hydrogens is 481 g/mol. The summed E-state index contributed by atoms with van der Waals surface area (Å²) in [4.78, 5) is 12.8. The van der Waals surface area contributed by atoms with Crippen LogP contribution in [0.1, 0.15) is 42.1 Å². The Morgan fingerprint density at radius 3 is 2.75 bits per heavy atom. The summed E-state index contributed by atoms with van der Waals surface area (Å²) in [6.45, 7) is 7.36. The zero-order valence-corrected chi connectivity index (χ0v) is 20.2. The molecule has 1 aromatic carbocycles. The molecule has 28 heavy (non-hydrogen) atoms.